The van der Waals surface area contributed by atoms with E-state index in [-0.39, 0.29) is 0 Å². The largest absolute Gasteiger partial charge is 0.493 e. The monoisotopic (exact) mass is 294 g/mol. The third-order valence-corrected chi connectivity index (χ3v) is 3.67. The summed E-state index contributed by atoms with van der Waals surface area (Å²) in [5, 5.41) is 7.03. The minimum atomic E-state index is 0.421. The van der Waals surface area contributed by atoms with Crippen molar-refractivity contribution in [1.82, 2.24) is 10.6 Å². The summed E-state index contributed by atoms with van der Waals surface area (Å²) >= 11 is 0. The molecule has 1 aromatic carbocycles. The molecule has 0 bridgehead atoms. The Morgan fingerprint density at radius 1 is 1.10 bits per heavy atom. The third-order valence-electron chi connectivity index (χ3n) is 3.67. The average molecular weight is 294 g/mol. The molecular weight excluding hydrogens is 268 g/mol. The van der Waals surface area contributed by atoms with Gasteiger partial charge in [-0.2, -0.15) is 0 Å². The Bertz CT molecular complexity index is 436. The second-order valence-electron chi connectivity index (χ2n) is 5.50. The Morgan fingerprint density at radius 3 is 2.19 bits per heavy atom. The Hall–Kier alpha value is -1.46. The molecule has 1 aromatic rings. The maximum Gasteiger partial charge on any atom is 0.203 e. The van der Waals surface area contributed by atoms with Crippen molar-refractivity contribution >= 4 is 0 Å². The minimum absolute atomic E-state index is 0.421. The summed E-state index contributed by atoms with van der Waals surface area (Å²) in [6, 6.07) is 5.13. The molecule has 1 fully saturated rings. The zero-order valence-electron chi connectivity index (χ0n) is 13.4. The van der Waals surface area contributed by atoms with Crippen molar-refractivity contribution in [3.05, 3.63) is 17.7 Å². The molecule has 0 aliphatic heterocycles. The molecule has 1 aliphatic carbocycles. The molecule has 5 nitrogen and oxygen atoms in total. The number of benzene rings is 1. The molecule has 0 heterocycles. The molecule has 2 rings (SSSR count). The molecular formula is C16H26N2O3. The van der Waals surface area contributed by atoms with Crippen LogP contribution in [0.1, 0.15) is 25.3 Å². The van der Waals surface area contributed by atoms with Crippen molar-refractivity contribution in [2.45, 2.75) is 38.4 Å². The minimum Gasteiger partial charge on any atom is -0.493 e. The van der Waals surface area contributed by atoms with E-state index in [1.165, 1.54) is 12.8 Å². The van der Waals surface area contributed by atoms with Gasteiger partial charge in [0.15, 0.2) is 11.5 Å². The second kappa shape index (κ2) is 7.52. The summed E-state index contributed by atoms with van der Waals surface area (Å²) in [6.07, 6.45) is 2.64. The lowest BCUT2D eigenvalue weighted by Gasteiger charge is -2.17. The quantitative estimate of drug-likeness (QED) is 0.729. The maximum absolute atomic E-state index is 5.37. The molecule has 0 saturated heterocycles. The van der Waals surface area contributed by atoms with Crippen molar-refractivity contribution in [3.8, 4) is 17.2 Å². The zero-order valence-corrected chi connectivity index (χ0v) is 13.4. The van der Waals surface area contributed by atoms with Crippen LogP contribution in [0.25, 0.3) is 0 Å². The maximum atomic E-state index is 5.37. The number of rotatable bonds is 9. The first-order valence-electron chi connectivity index (χ1n) is 7.43. The molecule has 0 spiro atoms. The summed E-state index contributed by atoms with van der Waals surface area (Å²) < 4.78 is 16.1. The predicted molar refractivity (Wildman–Crippen MR) is 83.4 cm³/mol. The average Bonchev–Trinajstić information content (AvgIpc) is 3.33. The van der Waals surface area contributed by atoms with E-state index in [0.717, 1.165) is 24.7 Å². The number of hydrogen-bond acceptors (Lipinski definition) is 5. The van der Waals surface area contributed by atoms with Gasteiger partial charge >= 0.3 is 0 Å². The molecule has 1 saturated carbocycles. The number of methoxy groups -OCH3 is 3. The molecule has 2 N–H and O–H groups in total. The van der Waals surface area contributed by atoms with E-state index in [9.17, 15) is 0 Å². The van der Waals surface area contributed by atoms with Crippen LogP contribution in [0.3, 0.4) is 0 Å². The van der Waals surface area contributed by atoms with E-state index < -0.39 is 0 Å². The van der Waals surface area contributed by atoms with E-state index in [0.29, 0.717) is 23.3 Å². The highest BCUT2D eigenvalue weighted by atomic mass is 16.5. The van der Waals surface area contributed by atoms with Gasteiger partial charge in [0.25, 0.3) is 0 Å². The fourth-order valence-electron chi connectivity index (χ4n) is 2.23. The lowest BCUT2D eigenvalue weighted by Crippen LogP contribution is -2.36. The predicted octanol–water partition coefficient (Wildman–Crippen LogP) is 1.94. The summed E-state index contributed by atoms with van der Waals surface area (Å²) in [7, 11) is 4.89. The van der Waals surface area contributed by atoms with Gasteiger partial charge in [-0.3, -0.25) is 0 Å². The number of nitrogens with one attached hydrogen (secondary N) is 2. The van der Waals surface area contributed by atoms with Crippen LogP contribution in [0.2, 0.25) is 0 Å². The van der Waals surface area contributed by atoms with Gasteiger partial charge in [-0.05, 0) is 37.5 Å². The first-order chi connectivity index (χ1) is 10.2. The fourth-order valence-corrected chi connectivity index (χ4v) is 2.23. The third kappa shape index (κ3) is 4.51. The van der Waals surface area contributed by atoms with Crippen molar-refractivity contribution < 1.29 is 14.2 Å². The smallest absolute Gasteiger partial charge is 0.203 e. The fraction of sp³-hybridized carbons (Fsp3) is 0.625. The van der Waals surface area contributed by atoms with Crippen LogP contribution >= 0.6 is 0 Å². The summed E-state index contributed by atoms with van der Waals surface area (Å²) in [6.45, 7) is 3.95. The standard InChI is InChI=1S/C16H26N2O3/c1-11(9-18-13-5-6-13)17-10-12-7-14(19-2)16(21-4)15(8-12)20-3/h7-8,11,13,17-18H,5-6,9-10H2,1-4H3. The van der Waals surface area contributed by atoms with E-state index in [1.807, 2.05) is 12.1 Å². The van der Waals surface area contributed by atoms with Crippen LogP contribution in [0, 0.1) is 0 Å². The molecule has 5 heteroatoms. The number of ether oxygens (including phenoxy) is 3. The van der Waals surface area contributed by atoms with E-state index >= 15 is 0 Å². The molecule has 1 atom stereocenters. The molecule has 0 amide bonds. The van der Waals surface area contributed by atoms with Gasteiger partial charge in [0.05, 0.1) is 21.3 Å². The topological polar surface area (TPSA) is 51.8 Å². The zero-order chi connectivity index (χ0) is 15.2. The van der Waals surface area contributed by atoms with Gasteiger partial charge < -0.3 is 24.8 Å². The highest BCUT2D eigenvalue weighted by Gasteiger charge is 2.20. The Morgan fingerprint density at radius 2 is 1.71 bits per heavy atom. The highest BCUT2D eigenvalue weighted by Crippen LogP contribution is 2.38. The molecule has 118 valence electrons. The summed E-state index contributed by atoms with van der Waals surface area (Å²) in [5.74, 6) is 2.02. The first-order valence-corrected chi connectivity index (χ1v) is 7.43. The van der Waals surface area contributed by atoms with E-state index in [1.54, 1.807) is 21.3 Å². The molecule has 1 aliphatic rings. The lowest BCUT2D eigenvalue weighted by molar-refractivity contribution is 0.323. The van der Waals surface area contributed by atoms with Crippen LogP contribution < -0.4 is 24.8 Å². The van der Waals surface area contributed by atoms with Crippen LogP contribution in [0.5, 0.6) is 17.2 Å². The van der Waals surface area contributed by atoms with Crippen LogP contribution in [0.4, 0.5) is 0 Å². The van der Waals surface area contributed by atoms with E-state index in [2.05, 4.69) is 17.6 Å². The van der Waals surface area contributed by atoms with Gasteiger partial charge in [0, 0.05) is 25.2 Å². The SMILES string of the molecule is COc1cc(CNC(C)CNC2CC2)cc(OC)c1OC. The Kier molecular flexibility index (Phi) is 5.70. The molecule has 0 aromatic heterocycles. The Labute approximate surface area is 127 Å². The van der Waals surface area contributed by atoms with Crippen LogP contribution in [-0.2, 0) is 6.54 Å². The van der Waals surface area contributed by atoms with Crippen molar-refractivity contribution in [3.63, 3.8) is 0 Å². The van der Waals surface area contributed by atoms with E-state index in [4.69, 9.17) is 14.2 Å². The van der Waals surface area contributed by atoms with Crippen molar-refractivity contribution in [1.29, 1.82) is 0 Å². The number of hydrogen-bond donors (Lipinski definition) is 2. The second-order valence-corrected chi connectivity index (χ2v) is 5.50. The molecule has 21 heavy (non-hydrogen) atoms. The van der Waals surface area contributed by atoms with Gasteiger partial charge in [-0.25, -0.2) is 0 Å². The summed E-state index contributed by atoms with van der Waals surface area (Å²) in [4.78, 5) is 0. The van der Waals surface area contributed by atoms with Gasteiger partial charge in [-0.15, -0.1) is 0 Å². The van der Waals surface area contributed by atoms with Crippen molar-refractivity contribution in [2.24, 2.45) is 0 Å². The van der Waals surface area contributed by atoms with Crippen molar-refractivity contribution in [2.75, 3.05) is 27.9 Å². The highest BCUT2D eigenvalue weighted by molar-refractivity contribution is 5.53. The van der Waals surface area contributed by atoms with Gasteiger partial charge in [0.2, 0.25) is 5.75 Å². The normalized spacial score (nSPS) is 15.6. The van der Waals surface area contributed by atoms with Crippen LogP contribution in [-0.4, -0.2) is 40.0 Å². The first kappa shape index (κ1) is 15.9. The summed E-state index contributed by atoms with van der Waals surface area (Å²) in [5.41, 5.74) is 1.11. The Balaban J connectivity index is 1.94. The molecule has 0 radical (unpaired) electrons. The van der Waals surface area contributed by atoms with Gasteiger partial charge in [-0.1, -0.05) is 0 Å². The van der Waals surface area contributed by atoms with Gasteiger partial charge in [0.1, 0.15) is 0 Å². The van der Waals surface area contributed by atoms with Crippen LogP contribution in [0.15, 0.2) is 12.1 Å². The molecule has 1 unspecified atom stereocenters. The lowest BCUT2D eigenvalue weighted by atomic mass is 10.1.